The molecule has 0 aromatic carbocycles. The number of unbranched alkanes of at least 4 members (excludes halogenated alkanes) is 47. The van der Waals surface area contributed by atoms with Crippen LogP contribution in [0.15, 0.2) is 0 Å². The minimum atomic E-state index is -4.96. The smallest absolute Gasteiger partial charge is 0.462 e. The first-order valence-electron chi connectivity index (χ1n) is 39.7. The van der Waals surface area contributed by atoms with Crippen molar-refractivity contribution in [2.45, 2.75) is 419 Å². The highest BCUT2D eigenvalue weighted by atomic mass is 31.2. The maximum atomic E-state index is 13.1. The van der Waals surface area contributed by atoms with Crippen molar-refractivity contribution < 1.29 is 80.2 Å². The average Bonchev–Trinajstić information content (AvgIpc) is 2.96. The third-order valence-electron chi connectivity index (χ3n) is 18.1. The third kappa shape index (κ3) is 69.0. The van der Waals surface area contributed by atoms with E-state index in [2.05, 4.69) is 34.6 Å². The largest absolute Gasteiger partial charge is 0.472 e. The van der Waals surface area contributed by atoms with Crippen LogP contribution in [0.1, 0.15) is 401 Å². The molecule has 0 spiro atoms. The van der Waals surface area contributed by atoms with Crippen LogP contribution in [-0.2, 0) is 65.4 Å². The number of phosphoric acid groups is 2. The second kappa shape index (κ2) is 69.2. The maximum absolute atomic E-state index is 13.1. The summed E-state index contributed by atoms with van der Waals surface area (Å²) < 4.78 is 68.5. The monoisotopic (exact) mass is 1400 g/mol. The predicted molar refractivity (Wildman–Crippen MR) is 386 cm³/mol. The Balaban J connectivity index is 5.23. The number of hydrogen-bond acceptors (Lipinski definition) is 15. The van der Waals surface area contributed by atoms with Gasteiger partial charge in [0.25, 0.3) is 0 Å². The van der Waals surface area contributed by atoms with E-state index in [1.807, 2.05) is 0 Å². The standard InChI is InChI=1S/C76H148O17P2/c1-6-10-13-16-19-22-25-26-27-28-32-36-40-45-50-55-60-74(79)87-66-72(93-76(81)62-57-52-47-42-37-33-30-29-31-35-38-43-48-53-58-69(5)9-4)68-91-95(84,85)89-64-70(77)63-88-94(82,83)90-67-71(65-86-73(78)59-54-49-44-39-24-21-18-15-12-8-3)92-75(80)61-56-51-46-41-34-23-20-17-14-11-7-2/h69-72,77H,6-68H2,1-5H3,(H,82,83)(H,84,85)/t69?,70-,71+,72+/m0/s1. The van der Waals surface area contributed by atoms with Gasteiger partial charge in [-0.3, -0.25) is 37.3 Å². The number of carbonyl (C=O) groups is 4. The molecule has 0 aromatic heterocycles. The number of phosphoric ester groups is 2. The molecule has 0 fully saturated rings. The van der Waals surface area contributed by atoms with E-state index in [1.54, 1.807) is 0 Å². The first-order valence-corrected chi connectivity index (χ1v) is 42.7. The molecule has 0 rings (SSSR count). The fraction of sp³-hybridized carbons (Fsp3) is 0.947. The average molecular weight is 1400 g/mol. The maximum Gasteiger partial charge on any atom is 0.472 e. The fourth-order valence-corrected chi connectivity index (χ4v) is 13.3. The Kier molecular flexibility index (Phi) is 67.7. The Hall–Kier alpha value is -1.94. The molecule has 0 saturated carbocycles. The van der Waals surface area contributed by atoms with Crippen LogP contribution in [-0.4, -0.2) is 96.7 Å². The molecule has 564 valence electrons. The van der Waals surface area contributed by atoms with E-state index in [0.29, 0.717) is 25.7 Å². The molecule has 0 aliphatic heterocycles. The van der Waals surface area contributed by atoms with E-state index in [4.69, 9.17) is 37.0 Å². The molecular weight excluding hydrogens is 1250 g/mol. The summed E-state index contributed by atoms with van der Waals surface area (Å²) in [6, 6.07) is 0. The molecule has 0 bridgehead atoms. The highest BCUT2D eigenvalue weighted by Gasteiger charge is 2.30. The molecule has 17 nitrogen and oxygen atoms in total. The third-order valence-corrected chi connectivity index (χ3v) is 20.0. The van der Waals surface area contributed by atoms with Crippen molar-refractivity contribution in [2.24, 2.45) is 5.92 Å². The lowest BCUT2D eigenvalue weighted by Crippen LogP contribution is -2.30. The van der Waals surface area contributed by atoms with Gasteiger partial charge in [-0.25, -0.2) is 9.13 Å². The van der Waals surface area contributed by atoms with Crippen molar-refractivity contribution in [3.63, 3.8) is 0 Å². The van der Waals surface area contributed by atoms with Crippen molar-refractivity contribution in [2.75, 3.05) is 39.6 Å². The van der Waals surface area contributed by atoms with E-state index in [0.717, 1.165) is 95.8 Å². The molecule has 0 heterocycles. The lowest BCUT2D eigenvalue weighted by Gasteiger charge is -2.21. The summed E-state index contributed by atoms with van der Waals surface area (Å²) in [5.74, 6) is -1.27. The van der Waals surface area contributed by atoms with Gasteiger partial charge in [-0.1, -0.05) is 349 Å². The summed E-state index contributed by atoms with van der Waals surface area (Å²) in [6.07, 6.45) is 58.1. The van der Waals surface area contributed by atoms with Crippen LogP contribution < -0.4 is 0 Å². The van der Waals surface area contributed by atoms with Crippen LogP contribution in [0.4, 0.5) is 0 Å². The van der Waals surface area contributed by atoms with E-state index in [9.17, 15) is 43.2 Å². The number of hydrogen-bond donors (Lipinski definition) is 3. The molecule has 19 heteroatoms. The van der Waals surface area contributed by atoms with Gasteiger partial charge >= 0.3 is 39.5 Å². The predicted octanol–water partition coefficient (Wildman–Crippen LogP) is 22.5. The Morgan fingerprint density at radius 3 is 0.747 bits per heavy atom. The zero-order chi connectivity index (χ0) is 69.8. The van der Waals surface area contributed by atoms with Gasteiger partial charge in [-0.05, 0) is 31.6 Å². The highest BCUT2D eigenvalue weighted by molar-refractivity contribution is 7.47. The highest BCUT2D eigenvalue weighted by Crippen LogP contribution is 2.45. The first kappa shape index (κ1) is 93.1. The van der Waals surface area contributed by atoms with Gasteiger partial charge in [-0.2, -0.15) is 0 Å². The van der Waals surface area contributed by atoms with E-state index in [1.165, 1.54) is 225 Å². The van der Waals surface area contributed by atoms with E-state index < -0.39 is 97.5 Å². The van der Waals surface area contributed by atoms with Crippen LogP contribution in [0.3, 0.4) is 0 Å². The number of esters is 4. The van der Waals surface area contributed by atoms with Crippen LogP contribution >= 0.6 is 15.6 Å². The second-order valence-corrected chi connectivity index (χ2v) is 30.5. The number of aliphatic hydroxyl groups is 1. The minimum Gasteiger partial charge on any atom is -0.462 e. The molecule has 0 aliphatic rings. The van der Waals surface area contributed by atoms with Gasteiger partial charge in [0.05, 0.1) is 26.4 Å². The van der Waals surface area contributed by atoms with Gasteiger partial charge in [0.15, 0.2) is 12.2 Å². The van der Waals surface area contributed by atoms with E-state index >= 15 is 0 Å². The van der Waals surface area contributed by atoms with Crippen molar-refractivity contribution >= 4 is 39.5 Å². The summed E-state index contributed by atoms with van der Waals surface area (Å²) in [7, 11) is -9.91. The summed E-state index contributed by atoms with van der Waals surface area (Å²) >= 11 is 0. The van der Waals surface area contributed by atoms with Crippen molar-refractivity contribution in [1.29, 1.82) is 0 Å². The molecular formula is C76H148O17P2. The molecule has 95 heavy (non-hydrogen) atoms. The van der Waals surface area contributed by atoms with Crippen molar-refractivity contribution in [3.05, 3.63) is 0 Å². The summed E-state index contributed by atoms with van der Waals surface area (Å²) in [6.45, 7) is 7.34. The fourth-order valence-electron chi connectivity index (χ4n) is 11.7. The van der Waals surface area contributed by atoms with Crippen molar-refractivity contribution in [3.8, 4) is 0 Å². The normalized spacial score (nSPS) is 14.2. The minimum absolute atomic E-state index is 0.107. The lowest BCUT2D eigenvalue weighted by molar-refractivity contribution is -0.161. The summed E-state index contributed by atoms with van der Waals surface area (Å²) in [5.41, 5.74) is 0. The quantitative estimate of drug-likeness (QED) is 0.0222. The number of aliphatic hydroxyl groups excluding tert-OH is 1. The van der Waals surface area contributed by atoms with Crippen molar-refractivity contribution in [1.82, 2.24) is 0 Å². The molecule has 0 radical (unpaired) electrons. The second-order valence-electron chi connectivity index (χ2n) is 27.6. The Labute approximate surface area is 581 Å². The molecule has 0 aliphatic carbocycles. The first-order chi connectivity index (χ1) is 46.1. The Morgan fingerprint density at radius 1 is 0.295 bits per heavy atom. The molecule has 0 aromatic rings. The number of carbonyl (C=O) groups excluding carboxylic acids is 4. The lowest BCUT2D eigenvalue weighted by atomic mass is 9.99. The van der Waals surface area contributed by atoms with Crippen LogP contribution in [0.5, 0.6) is 0 Å². The van der Waals surface area contributed by atoms with Gasteiger partial charge in [0, 0.05) is 25.7 Å². The molecule has 0 saturated heterocycles. The summed E-state index contributed by atoms with van der Waals surface area (Å²) in [5, 5.41) is 10.6. The van der Waals surface area contributed by atoms with Gasteiger partial charge in [0.2, 0.25) is 0 Å². The van der Waals surface area contributed by atoms with E-state index in [-0.39, 0.29) is 25.7 Å². The molecule has 3 unspecified atom stereocenters. The van der Waals surface area contributed by atoms with Gasteiger partial charge < -0.3 is 33.8 Å². The Morgan fingerprint density at radius 2 is 0.505 bits per heavy atom. The van der Waals surface area contributed by atoms with Crippen LogP contribution in [0, 0.1) is 5.92 Å². The topological polar surface area (TPSA) is 237 Å². The van der Waals surface area contributed by atoms with Gasteiger partial charge in [-0.15, -0.1) is 0 Å². The zero-order valence-electron chi connectivity index (χ0n) is 61.8. The number of rotatable bonds is 76. The molecule has 6 atom stereocenters. The van der Waals surface area contributed by atoms with Crippen LogP contribution in [0.25, 0.3) is 0 Å². The van der Waals surface area contributed by atoms with Gasteiger partial charge in [0.1, 0.15) is 19.3 Å². The van der Waals surface area contributed by atoms with Crippen LogP contribution in [0.2, 0.25) is 0 Å². The summed E-state index contributed by atoms with van der Waals surface area (Å²) in [4.78, 5) is 72.8. The SMILES string of the molecule is CCCCCCCCCCCCCCCCCCC(=O)OC[C@H](COP(=O)(O)OC[C@@H](O)COP(=O)(O)OC[C@@H](COC(=O)CCCCCCCCCCCC)OC(=O)CCCCCCCCCCCCC)OC(=O)CCCCCCCCCCCCCCCCC(C)CC. The number of ether oxygens (including phenoxy) is 4. The zero-order valence-corrected chi connectivity index (χ0v) is 63.6. The Bertz CT molecular complexity index is 1820. The molecule has 3 N–H and O–H groups in total. The molecule has 0 amide bonds.